The fourth-order valence-electron chi connectivity index (χ4n) is 1.60. The summed E-state index contributed by atoms with van der Waals surface area (Å²) in [6, 6.07) is 0. The van der Waals surface area contributed by atoms with Crippen LogP contribution in [-0.2, 0) is 0 Å². The standard InChI is InChI=1S/C9H17N7/c1-15(2)9-12-7(10)11-8(13-9)14-16-5-3-4-6-16/h3-6H2,1-2H3,(H3,10,11,12,13,14). The van der Waals surface area contributed by atoms with E-state index in [1.54, 1.807) is 4.90 Å². The van der Waals surface area contributed by atoms with Gasteiger partial charge >= 0.3 is 0 Å². The van der Waals surface area contributed by atoms with Gasteiger partial charge < -0.3 is 10.6 Å². The maximum atomic E-state index is 5.62. The SMILES string of the molecule is CN(C)c1nc(N)nc(NN2CCCC2)n1. The predicted molar refractivity (Wildman–Crippen MR) is 63.0 cm³/mol. The molecule has 3 N–H and O–H groups in total. The van der Waals surface area contributed by atoms with Gasteiger partial charge in [-0.3, -0.25) is 5.43 Å². The van der Waals surface area contributed by atoms with E-state index in [0.29, 0.717) is 11.9 Å². The Balaban J connectivity index is 2.13. The smallest absolute Gasteiger partial charge is 0.244 e. The van der Waals surface area contributed by atoms with Crippen molar-refractivity contribution in [1.29, 1.82) is 0 Å². The number of nitrogens with two attached hydrogens (primary N) is 1. The lowest BCUT2D eigenvalue weighted by atomic mass is 10.4. The van der Waals surface area contributed by atoms with Crippen LogP contribution in [-0.4, -0.2) is 47.1 Å². The molecular weight excluding hydrogens is 206 g/mol. The monoisotopic (exact) mass is 223 g/mol. The first-order valence-electron chi connectivity index (χ1n) is 5.35. The molecule has 2 rings (SSSR count). The number of hydrazine groups is 1. The van der Waals surface area contributed by atoms with Crippen molar-refractivity contribution in [3.8, 4) is 0 Å². The Kier molecular flexibility index (Phi) is 3.04. The van der Waals surface area contributed by atoms with E-state index in [1.807, 2.05) is 14.1 Å². The highest BCUT2D eigenvalue weighted by Crippen LogP contribution is 2.12. The van der Waals surface area contributed by atoms with Gasteiger partial charge in [0.1, 0.15) is 0 Å². The number of hydrogen-bond acceptors (Lipinski definition) is 7. The summed E-state index contributed by atoms with van der Waals surface area (Å²) < 4.78 is 0. The Morgan fingerprint density at radius 3 is 2.50 bits per heavy atom. The van der Waals surface area contributed by atoms with Gasteiger partial charge in [-0.05, 0) is 12.8 Å². The summed E-state index contributed by atoms with van der Waals surface area (Å²) in [6.07, 6.45) is 2.40. The molecule has 0 bridgehead atoms. The van der Waals surface area contributed by atoms with Gasteiger partial charge in [-0.15, -0.1) is 0 Å². The third-order valence-electron chi connectivity index (χ3n) is 2.41. The van der Waals surface area contributed by atoms with Crippen molar-refractivity contribution in [2.24, 2.45) is 0 Å². The highest BCUT2D eigenvalue weighted by atomic mass is 15.5. The van der Waals surface area contributed by atoms with Crippen molar-refractivity contribution in [2.45, 2.75) is 12.8 Å². The Labute approximate surface area is 94.7 Å². The van der Waals surface area contributed by atoms with E-state index >= 15 is 0 Å². The van der Waals surface area contributed by atoms with Crippen molar-refractivity contribution in [3.05, 3.63) is 0 Å². The van der Waals surface area contributed by atoms with Gasteiger partial charge in [-0.2, -0.15) is 15.0 Å². The van der Waals surface area contributed by atoms with Crippen LogP contribution in [0.2, 0.25) is 0 Å². The molecule has 0 unspecified atom stereocenters. The molecule has 0 aromatic carbocycles. The average molecular weight is 223 g/mol. The molecule has 2 heterocycles. The quantitative estimate of drug-likeness (QED) is 0.742. The lowest BCUT2D eigenvalue weighted by Gasteiger charge is -2.17. The second-order valence-corrected chi connectivity index (χ2v) is 4.02. The average Bonchev–Trinajstić information content (AvgIpc) is 2.69. The fourth-order valence-corrected chi connectivity index (χ4v) is 1.60. The Hall–Kier alpha value is -1.63. The molecule has 7 heteroatoms. The normalized spacial score (nSPS) is 16.4. The summed E-state index contributed by atoms with van der Waals surface area (Å²) in [5.74, 6) is 1.31. The number of anilines is 3. The third kappa shape index (κ3) is 2.48. The first-order chi connectivity index (χ1) is 7.65. The molecule has 0 saturated carbocycles. The topological polar surface area (TPSA) is 83.2 Å². The number of hydrogen-bond donors (Lipinski definition) is 2. The van der Waals surface area contributed by atoms with Crippen LogP contribution in [0.5, 0.6) is 0 Å². The number of nitrogens with one attached hydrogen (secondary N) is 1. The molecule has 7 nitrogen and oxygen atoms in total. The molecule has 88 valence electrons. The van der Waals surface area contributed by atoms with Crippen molar-refractivity contribution >= 4 is 17.8 Å². The molecule has 16 heavy (non-hydrogen) atoms. The van der Waals surface area contributed by atoms with Crippen LogP contribution in [0.1, 0.15) is 12.8 Å². The summed E-state index contributed by atoms with van der Waals surface area (Å²) in [5, 5.41) is 2.09. The Bertz CT molecular complexity index is 359. The minimum atomic E-state index is 0.236. The van der Waals surface area contributed by atoms with E-state index in [0.717, 1.165) is 13.1 Å². The zero-order valence-electron chi connectivity index (χ0n) is 9.64. The number of aromatic nitrogens is 3. The maximum Gasteiger partial charge on any atom is 0.244 e. The van der Waals surface area contributed by atoms with Gasteiger partial charge in [0.25, 0.3) is 0 Å². The molecule has 1 aliphatic rings. The van der Waals surface area contributed by atoms with Crippen molar-refractivity contribution in [3.63, 3.8) is 0 Å². The summed E-state index contributed by atoms with van der Waals surface area (Å²) >= 11 is 0. The summed E-state index contributed by atoms with van der Waals surface area (Å²) in [4.78, 5) is 14.2. The lowest BCUT2D eigenvalue weighted by molar-refractivity contribution is 0.405. The first kappa shape index (κ1) is 10.9. The van der Waals surface area contributed by atoms with E-state index in [4.69, 9.17) is 5.73 Å². The summed E-state index contributed by atoms with van der Waals surface area (Å²) in [5.41, 5.74) is 8.77. The second-order valence-electron chi connectivity index (χ2n) is 4.02. The molecule has 1 aromatic rings. The van der Waals surface area contributed by atoms with E-state index in [-0.39, 0.29) is 5.95 Å². The van der Waals surface area contributed by atoms with Crippen molar-refractivity contribution in [2.75, 3.05) is 43.2 Å². The molecule has 0 spiro atoms. The largest absolute Gasteiger partial charge is 0.368 e. The minimum absolute atomic E-state index is 0.236. The van der Waals surface area contributed by atoms with Crippen LogP contribution in [0.25, 0.3) is 0 Å². The zero-order chi connectivity index (χ0) is 11.5. The minimum Gasteiger partial charge on any atom is -0.368 e. The molecule has 1 aromatic heterocycles. The summed E-state index contributed by atoms with van der Waals surface area (Å²) in [6.45, 7) is 2.03. The van der Waals surface area contributed by atoms with Gasteiger partial charge in [-0.25, -0.2) is 5.01 Å². The molecule has 0 aliphatic carbocycles. The van der Waals surface area contributed by atoms with E-state index in [9.17, 15) is 0 Å². The van der Waals surface area contributed by atoms with Gasteiger partial charge in [-0.1, -0.05) is 0 Å². The second kappa shape index (κ2) is 4.48. The number of nitrogen functional groups attached to an aromatic ring is 1. The predicted octanol–water partition coefficient (Wildman–Crippen LogP) is -0.0575. The first-order valence-corrected chi connectivity index (χ1v) is 5.35. The van der Waals surface area contributed by atoms with Crippen LogP contribution in [0.3, 0.4) is 0 Å². The van der Waals surface area contributed by atoms with Crippen molar-refractivity contribution < 1.29 is 0 Å². The third-order valence-corrected chi connectivity index (χ3v) is 2.41. The summed E-state index contributed by atoms with van der Waals surface area (Å²) in [7, 11) is 3.74. The lowest BCUT2D eigenvalue weighted by Crippen LogP contribution is -2.28. The van der Waals surface area contributed by atoms with Gasteiger partial charge in [0, 0.05) is 27.2 Å². The molecule has 1 saturated heterocycles. The van der Waals surface area contributed by atoms with Gasteiger partial charge in [0.15, 0.2) is 0 Å². The fraction of sp³-hybridized carbons (Fsp3) is 0.667. The Morgan fingerprint density at radius 1 is 1.19 bits per heavy atom. The molecule has 1 fully saturated rings. The maximum absolute atomic E-state index is 5.62. The number of nitrogens with zero attached hydrogens (tertiary/aromatic N) is 5. The van der Waals surface area contributed by atoms with Crippen LogP contribution in [0.15, 0.2) is 0 Å². The molecule has 0 atom stereocenters. The number of rotatable bonds is 3. The van der Waals surface area contributed by atoms with Crippen LogP contribution < -0.4 is 16.1 Å². The zero-order valence-corrected chi connectivity index (χ0v) is 9.64. The molecule has 0 amide bonds. The van der Waals surface area contributed by atoms with Crippen LogP contribution in [0.4, 0.5) is 17.8 Å². The highest BCUT2D eigenvalue weighted by molar-refractivity contribution is 5.40. The highest BCUT2D eigenvalue weighted by Gasteiger charge is 2.13. The van der Waals surface area contributed by atoms with Crippen molar-refractivity contribution in [1.82, 2.24) is 20.0 Å². The van der Waals surface area contributed by atoms with Crippen LogP contribution in [0, 0.1) is 0 Å². The van der Waals surface area contributed by atoms with Gasteiger partial charge in [0.2, 0.25) is 17.8 Å². The van der Waals surface area contributed by atoms with E-state index in [1.165, 1.54) is 12.8 Å². The Morgan fingerprint density at radius 2 is 1.88 bits per heavy atom. The van der Waals surface area contributed by atoms with Crippen LogP contribution >= 0.6 is 0 Å². The van der Waals surface area contributed by atoms with Gasteiger partial charge in [0.05, 0.1) is 0 Å². The molecule has 0 radical (unpaired) electrons. The van der Waals surface area contributed by atoms with E-state index < -0.39 is 0 Å². The molecular formula is C9H17N7. The molecule has 1 aliphatic heterocycles. The van der Waals surface area contributed by atoms with E-state index in [2.05, 4.69) is 25.4 Å².